The number of amides is 1. The first kappa shape index (κ1) is 8.57. The molecule has 0 unspecified atom stereocenters. The zero-order chi connectivity index (χ0) is 8.65. The second-order valence-electron chi connectivity index (χ2n) is 4.36. The third kappa shape index (κ3) is 1.73. The average Bonchev–Trinajstić information content (AvgIpc) is 1.80. The topological polar surface area (TPSA) is 20.3 Å². The van der Waals surface area contributed by atoms with E-state index in [-0.39, 0.29) is 5.91 Å². The van der Waals surface area contributed by atoms with E-state index in [9.17, 15) is 4.79 Å². The van der Waals surface area contributed by atoms with Gasteiger partial charge in [-0.1, -0.05) is 13.8 Å². The third-order valence-electron chi connectivity index (χ3n) is 2.62. The fraction of sp³-hybridized carbons (Fsp3) is 0.889. The van der Waals surface area contributed by atoms with Crippen LogP contribution in [0.2, 0.25) is 0 Å². The molecule has 0 heterocycles. The number of hydrogen-bond donors (Lipinski definition) is 0. The molecule has 1 rings (SSSR count). The number of hydrogen-bond acceptors (Lipinski definition) is 1. The lowest BCUT2D eigenvalue weighted by Crippen LogP contribution is -2.48. The predicted octanol–water partition coefficient (Wildman–Crippen LogP) is 1.65. The summed E-state index contributed by atoms with van der Waals surface area (Å²) in [6.07, 6.45) is 2.31. The van der Waals surface area contributed by atoms with Gasteiger partial charge >= 0.3 is 0 Å². The molecule has 2 heteroatoms. The van der Waals surface area contributed by atoms with Gasteiger partial charge in [-0.25, -0.2) is 0 Å². The van der Waals surface area contributed by atoms with E-state index in [1.807, 2.05) is 11.9 Å². The van der Waals surface area contributed by atoms with Crippen LogP contribution in [-0.4, -0.2) is 23.9 Å². The molecule has 1 aliphatic rings. The van der Waals surface area contributed by atoms with E-state index in [0.717, 1.165) is 12.8 Å². The Bertz CT molecular complexity index is 166. The molecule has 11 heavy (non-hydrogen) atoms. The van der Waals surface area contributed by atoms with Crippen LogP contribution < -0.4 is 0 Å². The first-order chi connectivity index (χ1) is 4.92. The van der Waals surface area contributed by atoms with E-state index >= 15 is 0 Å². The van der Waals surface area contributed by atoms with Crippen molar-refractivity contribution in [2.45, 2.75) is 39.7 Å². The lowest BCUT2D eigenvalue weighted by Gasteiger charge is -2.46. The molecular formula is C9H17NO. The van der Waals surface area contributed by atoms with Crippen LogP contribution >= 0.6 is 0 Å². The van der Waals surface area contributed by atoms with Crippen molar-refractivity contribution in [1.82, 2.24) is 4.90 Å². The van der Waals surface area contributed by atoms with Crippen molar-refractivity contribution in [3.63, 3.8) is 0 Å². The Morgan fingerprint density at radius 3 is 2.18 bits per heavy atom. The maximum Gasteiger partial charge on any atom is 0.219 e. The van der Waals surface area contributed by atoms with Gasteiger partial charge in [0.25, 0.3) is 0 Å². The normalized spacial score (nSPS) is 22.5. The van der Waals surface area contributed by atoms with Crippen LogP contribution in [0.3, 0.4) is 0 Å². The van der Waals surface area contributed by atoms with Gasteiger partial charge in [0.1, 0.15) is 0 Å². The molecule has 0 aromatic rings. The number of nitrogens with zero attached hydrogens (tertiary/aromatic N) is 1. The molecule has 0 bridgehead atoms. The minimum Gasteiger partial charge on any atom is -0.343 e. The highest BCUT2D eigenvalue weighted by Gasteiger charge is 2.38. The largest absolute Gasteiger partial charge is 0.343 e. The van der Waals surface area contributed by atoms with E-state index in [1.54, 1.807) is 6.92 Å². The summed E-state index contributed by atoms with van der Waals surface area (Å²) < 4.78 is 0. The Labute approximate surface area is 68.6 Å². The van der Waals surface area contributed by atoms with Gasteiger partial charge in [0, 0.05) is 20.0 Å². The van der Waals surface area contributed by atoms with Gasteiger partial charge in [0.05, 0.1) is 0 Å². The molecule has 2 nitrogen and oxygen atoms in total. The summed E-state index contributed by atoms with van der Waals surface area (Å²) in [6.45, 7) is 6.13. The van der Waals surface area contributed by atoms with Gasteiger partial charge in [-0.05, 0) is 18.3 Å². The monoisotopic (exact) mass is 155 g/mol. The van der Waals surface area contributed by atoms with Crippen molar-refractivity contribution >= 4 is 5.91 Å². The summed E-state index contributed by atoms with van der Waals surface area (Å²) in [5.41, 5.74) is 0.467. The zero-order valence-electron chi connectivity index (χ0n) is 7.85. The summed E-state index contributed by atoms with van der Waals surface area (Å²) >= 11 is 0. The number of rotatable bonds is 1. The Morgan fingerprint density at radius 2 is 1.91 bits per heavy atom. The van der Waals surface area contributed by atoms with E-state index in [4.69, 9.17) is 0 Å². The van der Waals surface area contributed by atoms with Gasteiger partial charge in [-0.3, -0.25) is 4.79 Å². The molecule has 0 aromatic heterocycles. The average molecular weight is 155 g/mol. The second kappa shape index (κ2) is 2.50. The fourth-order valence-electron chi connectivity index (χ4n) is 1.75. The molecular weight excluding hydrogens is 138 g/mol. The van der Waals surface area contributed by atoms with Crippen LogP contribution in [0.15, 0.2) is 0 Å². The van der Waals surface area contributed by atoms with Gasteiger partial charge < -0.3 is 4.90 Å². The molecule has 1 amide bonds. The molecule has 1 aliphatic carbocycles. The highest BCUT2D eigenvalue weighted by atomic mass is 16.2. The Morgan fingerprint density at radius 1 is 1.45 bits per heavy atom. The molecule has 0 aromatic carbocycles. The van der Waals surface area contributed by atoms with Gasteiger partial charge in [0.2, 0.25) is 5.91 Å². The van der Waals surface area contributed by atoms with Crippen LogP contribution in [0.1, 0.15) is 33.6 Å². The zero-order valence-corrected chi connectivity index (χ0v) is 7.85. The third-order valence-corrected chi connectivity index (χ3v) is 2.62. The molecule has 0 radical (unpaired) electrons. The molecule has 1 fully saturated rings. The van der Waals surface area contributed by atoms with Crippen molar-refractivity contribution in [1.29, 1.82) is 0 Å². The summed E-state index contributed by atoms with van der Waals surface area (Å²) in [7, 11) is 1.89. The summed E-state index contributed by atoms with van der Waals surface area (Å²) in [6, 6.07) is 0.502. The van der Waals surface area contributed by atoms with Crippen LogP contribution in [-0.2, 0) is 4.79 Å². The molecule has 64 valence electrons. The van der Waals surface area contributed by atoms with Crippen molar-refractivity contribution in [3.8, 4) is 0 Å². The van der Waals surface area contributed by atoms with E-state index in [1.165, 1.54) is 0 Å². The van der Waals surface area contributed by atoms with E-state index in [2.05, 4.69) is 13.8 Å². The van der Waals surface area contributed by atoms with Gasteiger partial charge in [-0.2, -0.15) is 0 Å². The van der Waals surface area contributed by atoms with Gasteiger partial charge in [0.15, 0.2) is 0 Å². The molecule has 0 atom stereocenters. The quantitative estimate of drug-likeness (QED) is 0.564. The fourth-order valence-corrected chi connectivity index (χ4v) is 1.75. The SMILES string of the molecule is CC(=O)N(C)C1CC(C)(C)C1. The van der Waals surface area contributed by atoms with Crippen LogP contribution in [0, 0.1) is 5.41 Å². The van der Waals surface area contributed by atoms with Crippen molar-refractivity contribution < 1.29 is 4.79 Å². The lowest BCUT2D eigenvalue weighted by molar-refractivity contribution is -0.133. The second-order valence-corrected chi connectivity index (χ2v) is 4.36. The summed E-state index contributed by atoms with van der Waals surface area (Å²) in [5.74, 6) is 0.186. The number of carbonyl (C=O) groups excluding carboxylic acids is 1. The predicted molar refractivity (Wildman–Crippen MR) is 45.2 cm³/mol. The molecule has 0 N–H and O–H groups in total. The molecule has 1 saturated carbocycles. The summed E-state index contributed by atoms with van der Waals surface area (Å²) in [4.78, 5) is 12.8. The van der Waals surface area contributed by atoms with E-state index < -0.39 is 0 Å². The van der Waals surface area contributed by atoms with Gasteiger partial charge in [-0.15, -0.1) is 0 Å². The van der Waals surface area contributed by atoms with Crippen LogP contribution in [0.5, 0.6) is 0 Å². The number of carbonyl (C=O) groups is 1. The minimum atomic E-state index is 0.186. The Hall–Kier alpha value is -0.530. The minimum absolute atomic E-state index is 0.186. The lowest BCUT2D eigenvalue weighted by atomic mass is 9.68. The molecule has 0 aliphatic heterocycles. The van der Waals surface area contributed by atoms with Crippen LogP contribution in [0.25, 0.3) is 0 Å². The molecule has 0 spiro atoms. The Kier molecular flexibility index (Phi) is 1.95. The highest BCUT2D eigenvalue weighted by Crippen LogP contribution is 2.42. The standard InChI is InChI=1S/C9H17NO/c1-7(11)10(4)8-5-9(2,3)6-8/h8H,5-6H2,1-4H3. The smallest absolute Gasteiger partial charge is 0.219 e. The maximum absolute atomic E-state index is 10.9. The molecule has 0 saturated heterocycles. The van der Waals surface area contributed by atoms with Crippen molar-refractivity contribution in [3.05, 3.63) is 0 Å². The first-order valence-corrected chi connectivity index (χ1v) is 4.16. The summed E-state index contributed by atoms with van der Waals surface area (Å²) in [5, 5.41) is 0. The van der Waals surface area contributed by atoms with Crippen molar-refractivity contribution in [2.24, 2.45) is 5.41 Å². The van der Waals surface area contributed by atoms with Crippen LogP contribution in [0.4, 0.5) is 0 Å². The van der Waals surface area contributed by atoms with Crippen molar-refractivity contribution in [2.75, 3.05) is 7.05 Å². The van der Waals surface area contributed by atoms with E-state index in [0.29, 0.717) is 11.5 Å². The highest BCUT2D eigenvalue weighted by molar-refractivity contribution is 5.73. The first-order valence-electron chi connectivity index (χ1n) is 4.16. The maximum atomic E-state index is 10.9. The Balaban J connectivity index is 2.38.